The number of nitrogens with zero attached hydrogens (tertiary/aromatic N) is 2. The molecule has 0 aromatic heterocycles. The summed E-state index contributed by atoms with van der Waals surface area (Å²) in [6.45, 7) is 7.73. The predicted molar refractivity (Wildman–Crippen MR) is 76.5 cm³/mol. The molecular weight excluding hydrogens is 285 g/mol. The number of ether oxygens (including phenoxy) is 1. The zero-order valence-corrected chi connectivity index (χ0v) is 12.9. The molecule has 1 fully saturated rings. The molecule has 8 heteroatoms. The minimum absolute atomic E-state index is 0.120. The SMILES string of the molecule is CN=C(NCCC(F)(F)F)NCC(C)(C)N1CCOCC1. The fourth-order valence-electron chi connectivity index (χ4n) is 2.12. The van der Waals surface area contributed by atoms with E-state index in [9.17, 15) is 13.2 Å². The van der Waals surface area contributed by atoms with Crippen molar-refractivity contribution in [1.29, 1.82) is 0 Å². The number of hydrogen-bond donors (Lipinski definition) is 2. The standard InChI is InChI=1S/C13H25F3N4O/c1-12(2,20-6-8-21-9-7-20)10-19-11(17-3)18-5-4-13(14,15)16/h4-10H2,1-3H3,(H2,17,18,19). The van der Waals surface area contributed by atoms with Gasteiger partial charge in [-0.2, -0.15) is 13.2 Å². The van der Waals surface area contributed by atoms with E-state index in [4.69, 9.17) is 4.74 Å². The Morgan fingerprint density at radius 3 is 2.33 bits per heavy atom. The van der Waals surface area contributed by atoms with Gasteiger partial charge in [0.25, 0.3) is 0 Å². The van der Waals surface area contributed by atoms with Crippen LogP contribution in [0, 0.1) is 0 Å². The third-order valence-corrected chi connectivity index (χ3v) is 3.48. The Morgan fingerprint density at radius 2 is 1.81 bits per heavy atom. The van der Waals surface area contributed by atoms with E-state index in [-0.39, 0.29) is 12.1 Å². The van der Waals surface area contributed by atoms with Gasteiger partial charge >= 0.3 is 6.18 Å². The molecule has 1 heterocycles. The van der Waals surface area contributed by atoms with Crippen LogP contribution in [0.1, 0.15) is 20.3 Å². The monoisotopic (exact) mass is 310 g/mol. The molecule has 0 unspecified atom stereocenters. The lowest BCUT2D eigenvalue weighted by Crippen LogP contribution is -2.56. The number of alkyl halides is 3. The van der Waals surface area contributed by atoms with Crippen LogP contribution in [0.5, 0.6) is 0 Å². The number of morpholine rings is 1. The lowest BCUT2D eigenvalue weighted by molar-refractivity contribution is -0.132. The van der Waals surface area contributed by atoms with Crippen molar-refractivity contribution in [2.75, 3.05) is 46.4 Å². The van der Waals surface area contributed by atoms with Crippen LogP contribution in [-0.2, 0) is 4.74 Å². The first kappa shape index (κ1) is 18.0. The lowest BCUT2D eigenvalue weighted by atomic mass is 10.0. The summed E-state index contributed by atoms with van der Waals surface area (Å²) in [5, 5.41) is 5.76. The average molecular weight is 310 g/mol. The van der Waals surface area contributed by atoms with E-state index in [1.807, 2.05) is 0 Å². The second-order valence-electron chi connectivity index (χ2n) is 5.63. The first-order chi connectivity index (χ1) is 9.74. The van der Waals surface area contributed by atoms with Crippen molar-refractivity contribution < 1.29 is 17.9 Å². The molecule has 0 aromatic rings. The van der Waals surface area contributed by atoms with Gasteiger partial charge in [-0.25, -0.2) is 0 Å². The van der Waals surface area contributed by atoms with Crippen LogP contribution in [0.25, 0.3) is 0 Å². The maximum Gasteiger partial charge on any atom is 0.390 e. The Kier molecular flexibility index (Phi) is 6.73. The first-order valence-corrected chi connectivity index (χ1v) is 7.09. The topological polar surface area (TPSA) is 48.9 Å². The predicted octanol–water partition coefficient (Wildman–Crippen LogP) is 1.21. The number of halogens is 3. The Bertz CT molecular complexity index is 339. The van der Waals surface area contributed by atoms with Crippen molar-refractivity contribution in [2.24, 2.45) is 4.99 Å². The summed E-state index contributed by atoms with van der Waals surface area (Å²) in [6.07, 6.45) is -5.03. The molecule has 1 aliphatic rings. The van der Waals surface area contributed by atoms with Gasteiger partial charge < -0.3 is 15.4 Å². The fraction of sp³-hybridized carbons (Fsp3) is 0.923. The second-order valence-corrected chi connectivity index (χ2v) is 5.63. The van der Waals surface area contributed by atoms with Gasteiger partial charge in [0, 0.05) is 38.8 Å². The molecule has 124 valence electrons. The molecule has 1 rings (SSSR count). The molecule has 1 saturated heterocycles. The second kappa shape index (κ2) is 7.84. The van der Waals surface area contributed by atoms with E-state index in [0.29, 0.717) is 25.7 Å². The van der Waals surface area contributed by atoms with Gasteiger partial charge in [0.15, 0.2) is 5.96 Å². The van der Waals surface area contributed by atoms with Gasteiger partial charge in [-0.1, -0.05) is 0 Å². The summed E-state index contributed by atoms with van der Waals surface area (Å²) >= 11 is 0. The minimum atomic E-state index is -4.15. The Hall–Kier alpha value is -1.02. The molecule has 2 N–H and O–H groups in total. The highest BCUT2D eigenvalue weighted by Gasteiger charge is 2.29. The summed E-state index contributed by atoms with van der Waals surface area (Å²) in [5.74, 6) is 0.389. The molecule has 1 aliphatic heterocycles. The van der Waals surface area contributed by atoms with Crippen LogP contribution < -0.4 is 10.6 Å². The summed E-state index contributed by atoms with van der Waals surface area (Å²) in [7, 11) is 1.55. The largest absolute Gasteiger partial charge is 0.390 e. The molecule has 0 atom stereocenters. The van der Waals surface area contributed by atoms with Crippen molar-refractivity contribution in [2.45, 2.75) is 32.0 Å². The molecule has 0 amide bonds. The number of nitrogens with one attached hydrogen (secondary N) is 2. The third-order valence-electron chi connectivity index (χ3n) is 3.48. The van der Waals surface area contributed by atoms with Crippen molar-refractivity contribution >= 4 is 5.96 Å². The van der Waals surface area contributed by atoms with Crippen molar-refractivity contribution in [3.63, 3.8) is 0 Å². The molecule has 0 aliphatic carbocycles. The van der Waals surface area contributed by atoms with E-state index in [0.717, 1.165) is 13.1 Å². The highest BCUT2D eigenvalue weighted by atomic mass is 19.4. The summed E-state index contributed by atoms with van der Waals surface area (Å²) in [6, 6.07) is 0. The van der Waals surface area contributed by atoms with Crippen LogP contribution in [0.4, 0.5) is 13.2 Å². The Balaban J connectivity index is 2.36. The first-order valence-electron chi connectivity index (χ1n) is 7.09. The Labute approximate surface area is 123 Å². The minimum Gasteiger partial charge on any atom is -0.379 e. The van der Waals surface area contributed by atoms with Crippen molar-refractivity contribution in [3.8, 4) is 0 Å². The zero-order chi connectivity index (χ0) is 15.9. The van der Waals surface area contributed by atoms with Gasteiger partial charge in [-0.3, -0.25) is 9.89 Å². The average Bonchev–Trinajstić information content (AvgIpc) is 2.42. The highest BCUT2D eigenvalue weighted by Crippen LogP contribution is 2.18. The van der Waals surface area contributed by atoms with Gasteiger partial charge in [-0.05, 0) is 13.8 Å². The smallest absolute Gasteiger partial charge is 0.379 e. The van der Waals surface area contributed by atoms with Crippen molar-refractivity contribution in [1.82, 2.24) is 15.5 Å². The maximum absolute atomic E-state index is 12.1. The molecule has 0 radical (unpaired) electrons. The van der Waals surface area contributed by atoms with E-state index >= 15 is 0 Å². The van der Waals surface area contributed by atoms with E-state index < -0.39 is 12.6 Å². The van der Waals surface area contributed by atoms with Gasteiger partial charge in [-0.15, -0.1) is 0 Å². The van der Waals surface area contributed by atoms with E-state index in [1.54, 1.807) is 7.05 Å². The molecule has 21 heavy (non-hydrogen) atoms. The van der Waals surface area contributed by atoms with Crippen LogP contribution >= 0.6 is 0 Å². The number of guanidine groups is 1. The van der Waals surface area contributed by atoms with Crippen LogP contribution in [0.15, 0.2) is 4.99 Å². The number of aliphatic imine (C=N–C) groups is 1. The molecular formula is C13H25F3N4O. The maximum atomic E-state index is 12.1. The third kappa shape index (κ3) is 6.99. The zero-order valence-electron chi connectivity index (χ0n) is 12.9. The fourth-order valence-corrected chi connectivity index (χ4v) is 2.12. The van der Waals surface area contributed by atoms with Gasteiger partial charge in [0.2, 0.25) is 0 Å². The molecule has 0 spiro atoms. The quantitative estimate of drug-likeness (QED) is 0.592. The van der Waals surface area contributed by atoms with Crippen LogP contribution in [0.2, 0.25) is 0 Å². The van der Waals surface area contributed by atoms with Crippen molar-refractivity contribution in [3.05, 3.63) is 0 Å². The van der Waals surface area contributed by atoms with Crippen LogP contribution in [-0.4, -0.2) is 69.0 Å². The normalized spacial score (nSPS) is 18.7. The summed E-state index contributed by atoms with van der Waals surface area (Å²) in [4.78, 5) is 6.24. The lowest BCUT2D eigenvalue weighted by Gasteiger charge is -2.41. The molecule has 0 saturated carbocycles. The van der Waals surface area contributed by atoms with E-state index in [1.165, 1.54) is 0 Å². The van der Waals surface area contributed by atoms with E-state index in [2.05, 4.69) is 34.4 Å². The molecule has 5 nitrogen and oxygen atoms in total. The molecule has 0 bridgehead atoms. The Morgan fingerprint density at radius 1 is 1.19 bits per heavy atom. The number of hydrogen-bond acceptors (Lipinski definition) is 3. The summed E-state index contributed by atoms with van der Waals surface area (Å²) < 4.78 is 41.6. The summed E-state index contributed by atoms with van der Waals surface area (Å²) in [5.41, 5.74) is -0.120. The number of rotatable bonds is 5. The molecule has 0 aromatic carbocycles. The van der Waals surface area contributed by atoms with Gasteiger partial charge in [0.05, 0.1) is 19.6 Å². The van der Waals surface area contributed by atoms with Gasteiger partial charge in [0.1, 0.15) is 0 Å². The highest BCUT2D eigenvalue weighted by molar-refractivity contribution is 5.79. The van der Waals surface area contributed by atoms with Crippen LogP contribution in [0.3, 0.4) is 0 Å².